The quantitative estimate of drug-likeness (QED) is 0.433. The Balaban J connectivity index is 1.83. The number of nitrogens with zero attached hydrogens (tertiary/aromatic N) is 3. The van der Waals surface area contributed by atoms with Crippen molar-refractivity contribution in [3.8, 4) is 0 Å². The van der Waals surface area contributed by atoms with Gasteiger partial charge in [0.05, 0.1) is 6.54 Å². The Hall–Kier alpha value is -1.03. The van der Waals surface area contributed by atoms with Crippen molar-refractivity contribution in [2.24, 2.45) is 10.7 Å². The van der Waals surface area contributed by atoms with Gasteiger partial charge < -0.3 is 15.5 Å². The number of rotatable bonds is 3. The number of guanidine groups is 1. The minimum atomic E-state index is 0.648. The molecule has 4 heteroatoms. The SMILES string of the molecule is CN1CC=C(CN=C(N)N(C)C2CC2)CC1. The van der Waals surface area contributed by atoms with E-state index in [0.29, 0.717) is 12.0 Å². The van der Waals surface area contributed by atoms with Gasteiger partial charge in [-0.2, -0.15) is 0 Å². The maximum Gasteiger partial charge on any atom is 0.191 e. The summed E-state index contributed by atoms with van der Waals surface area (Å²) in [5, 5.41) is 0. The second kappa shape index (κ2) is 4.87. The van der Waals surface area contributed by atoms with Crippen LogP contribution in [0.3, 0.4) is 0 Å². The Kier molecular flexibility index (Phi) is 3.49. The summed E-state index contributed by atoms with van der Waals surface area (Å²) in [5.74, 6) is 0.697. The Bertz CT molecular complexity index is 304. The summed E-state index contributed by atoms with van der Waals surface area (Å²) in [6.45, 7) is 2.96. The molecule has 1 aliphatic heterocycles. The van der Waals surface area contributed by atoms with Gasteiger partial charge >= 0.3 is 0 Å². The molecule has 0 amide bonds. The molecule has 1 saturated carbocycles. The van der Waals surface area contributed by atoms with Gasteiger partial charge in [-0.05, 0) is 26.3 Å². The lowest BCUT2D eigenvalue weighted by Gasteiger charge is -2.22. The second-order valence-electron chi connectivity index (χ2n) is 4.89. The molecule has 0 unspecified atom stereocenters. The van der Waals surface area contributed by atoms with Gasteiger partial charge in [0.2, 0.25) is 0 Å². The maximum absolute atomic E-state index is 5.94. The van der Waals surface area contributed by atoms with Crippen molar-refractivity contribution in [3.05, 3.63) is 11.6 Å². The van der Waals surface area contributed by atoms with Crippen LogP contribution < -0.4 is 5.73 Å². The summed E-state index contributed by atoms with van der Waals surface area (Å²) in [7, 11) is 4.19. The van der Waals surface area contributed by atoms with Crippen molar-refractivity contribution in [2.75, 3.05) is 33.7 Å². The molecule has 16 heavy (non-hydrogen) atoms. The highest BCUT2D eigenvalue weighted by Crippen LogP contribution is 2.24. The molecule has 0 radical (unpaired) electrons. The van der Waals surface area contributed by atoms with Crippen LogP contribution in [-0.4, -0.2) is 55.5 Å². The predicted molar refractivity (Wildman–Crippen MR) is 67.5 cm³/mol. The van der Waals surface area contributed by atoms with Crippen molar-refractivity contribution in [1.29, 1.82) is 0 Å². The van der Waals surface area contributed by atoms with Crippen LogP contribution in [0.15, 0.2) is 16.6 Å². The number of aliphatic imine (C=N–C) groups is 1. The van der Waals surface area contributed by atoms with E-state index in [1.54, 1.807) is 0 Å². The Labute approximate surface area is 97.8 Å². The molecule has 0 bridgehead atoms. The van der Waals surface area contributed by atoms with E-state index in [0.717, 1.165) is 26.1 Å². The Morgan fingerprint density at radius 1 is 1.62 bits per heavy atom. The van der Waals surface area contributed by atoms with Gasteiger partial charge in [0.25, 0.3) is 0 Å². The van der Waals surface area contributed by atoms with E-state index in [1.165, 1.54) is 18.4 Å². The molecule has 4 nitrogen and oxygen atoms in total. The van der Waals surface area contributed by atoms with E-state index in [-0.39, 0.29) is 0 Å². The normalized spacial score (nSPS) is 23.1. The fourth-order valence-corrected chi connectivity index (χ4v) is 1.90. The zero-order chi connectivity index (χ0) is 11.5. The largest absolute Gasteiger partial charge is 0.370 e. The van der Waals surface area contributed by atoms with E-state index in [1.807, 2.05) is 7.05 Å². The Morgan fingerprint density at radius 3 is 2.94 bits per heavy atom. The van der Waals surface area contributed by atoms with Crippen molar-refractivity contribution in [2.45, 2.75) is 25.3 Å². The summed E-state index contributed by atoms with van der Waals surface area (Å²) in [4.78, 5) is 8.89. The zero-order valence-corrected chi connectivity index (χ0v) is 10.3. The van der Waals surface area contributed by atoms with Gasteiger partial charge in [0, 0.05) is 26.2 Å². The lowest BCUT2D eigenvalue weighted by atomic mass is 10.1. The average Bonchev–Trinajstić information content (AvgIpc) is 3.11. The molecule has 0 saturated heterocycles. The molecule has 0 aromatic rings. The molecule has 2 N–H and O–H groups in total. The summed E-state index contributed by atoms with van der Waals surface area (Å²) < 4.78 is 0. The highest BCUT2D eigenvalue weighted by Gasteiger charge is 2.27. The molecule has 0 spiro atoms. The van der Waals surface area contributed by atoms with E-state index < -0.39 is 0 Å². The fourth-order valence-electron chi connectivity index (χ4n) is 1.90. The number of nitrogens with two attached hydrogens (primary N) is 1. The smallest absolute Gasteiger partial charge is 0.191 e. The van der Waals surface area contributed by atoms with Gasteiger partial charge in [-0.15, -0.1) is 0 Å². The van der Waals surface area contributed by atoms with Crippen LogP contribution in [0.4, 0.5) is 0 Å². The Morgan fingerprint density at radius 2 is 2.38 bits per heavy atom. The summed E-state index contributed by atoms with van der Waals surface area (Å²) >= 11 is 0. The fraction of sp³-hybridized carbons (Fsp3) is 0.750. The van der Waals surface area contributed by atoms with Gasteiger partial charge in [-0.25, -0.2) is 4.99 Å². The molecule has 1 fully saturated rings. The molecule has 1 heterocycles. The van der Waals surface area contributed by atoms with Gasteiger partial charge in [-0.1, -0.05) is 11.6 Å². The summed E-state index contributed by atoms with van der Waals surface area (Å²) in [6.07, 6.45) is 5.93. The molecule has 0 aromatic carbocycles. The van der Waals surface area contributed by atoms with Gasteiger partial charge in [0.15, 0.2) is 5.96 Å². The van der Waals surface area contributed by atoms with Crippen LogP contribution in [0.25, 0.3) is 0 Å². The van der Waals surface area contributed by atoms with Crippen molar-refractivity contribution < 1.29 is 0 Å². The summed E-state index contributed by atoms with van der Waals surface area (Å²) in [6, 6.07) is 0.648. The van der Waals surface area contributed by atoms with E-state index in [2.05, 4.69) is 27.9 Å². The predicted octanol–water partition coefficient (Wildman–Crippen LogP) is 0.657. The van der Waals surface area contributed by atoms with Crippen LogP contribution in [0.2, 0.25) is 0 Å². The molecule has 0 aromatic heterocycles. The molecule has 2 aliphatic rings. The monoisotopic (exact) mass is 222 g/mol. The highest BCUT2D eigenvalue weighted by atomic mass is 15.3. The van der Waals surface area contributed by atoms with Crippen LogP contribution in [0.1, 0.15) is 19.3 Å². The van der Waals surface area contributed by atoms with E-state index in [9.17, 15) is 0 Å². The van der Waals surface area contributed by atoms with Crippen LogP contribution in [0, 0.1) is 0 Å². The van der Waals surface area contributed by atoms with E-state index in [4.69, 9.17) is 5.73 Å². The first kappa shape index (κ1) is 11.5. The van der Waals surface area contributed by atoms with Crippen molar-refractivity contribution >= 4 is 5.96 Å². The molecule has 0 atom stereocenters. The summed E-state index contributed by atoms with van der Waals surface area (Å²) in [5.41, 5.74) is 7.36. The lowest BCUT2D eigenvalue weighted by Crippen LogP contribution is -2.36. The molecule has 2 rings (SSSR count). The molecular formula is C12H22N4. The van der Waals surface area contributed by atoms with Crippen molar-refractivity contribution in [1.82, 2.24) is 9.80 Å². The van der Waals surface area contributed by atoms with Gasteiger partial charge in [0.1, 0.15) is 0 Å². The third kappa shape index (κ3) is 2.98. The minimum Gasteiger partial charge on any atom is -0.370 e. The van der Waals surface area contributed by atoms with Crippen molar-refractivity contribution in [3.63, 3.8) is 0 Å². The van der Waals surface area contributed by atoms with Crippen LogP contribution in [-0.2, 0) is 0 Å². The first-order valence-electron chi connectivity index (χ1n) is 6.06. The van der Waals surface area contributed by atoms with Crippen LogP contribution in [0.5, 0.6) is 0 Å². The van der Waals surface area contributed by atoms with E-state index >= 15 is 0 Å². The maximum atomic E-state index is 5.94. The molecule has 90 valence electrons. The molecule has 1 aliphatic carbocycles. The average molecular weight is 222 g/mol. The standard InChI is InChI=1S/C12H22N4/c1-15-7-5-10(6-8-15)9-14-12(13)16(2)11-3-4-11/h5,11H,3-4,6-9H2,1-2H3,(H2,13,14). The highest BCUT2D eigenvalue weighted by molar-refractivity contribution is 5.78. The molecular weight excluding hydrogens is 200 g/mol. The first-order valence-corrected chi connectivity index (χ1v) is 6.06. The number of hydrogen-bond acceptors (Lipinski definition) is 2. The first-order chi connectivity index (χ1) is 7.66. The third-order valence-corrected chi connectivity index (χ3v) is 3.41. The zero-order valence-electron chi connectivity index (χ0n) is 10.3. The second-order valence-corrected chi connectivity index (χ2v) is 4.89. The topological polar surface area (TPSA) is 44.9 Å². The lowest BCUT2D eigenvalue weighted by molar-refractivity contribution is 0.358. The third-order valence-electron chi connectivity index (χ3n) is 3.41. The van der Waals surface area contributed by atoms with Gasteiger partial charge in [-0.3, -0.25) is 0 Å². The minimum absolute atomic E-state index is 0.648. The number of likely N-dealkylation sites (N-methyl/N-ethyl adjacent to an activating group) is 1. The number of hydrogen-bond donors (Lipinski definition) is 1. The van der Waals surface area contributed by atoms with Crippen LogP contribution >= 0.6 is 0 Å².